The van der Waals surface area contributed by atoms with E-state index in [9.17, 15) is 0 Å². The lowest BCUT2D eigenvalue weighted by atomic mass is 10.1. The number of benzene rings is 1. The molecule has 0 spiro atoms. The van der Waals surface area contributed by atoms with E-state index in [4.69, 9.17) is 11.6 Å². The molecule has 0 radical (unpaired) electrons. The van der Waals surface area contributed by atoms with Gasteiger partial charge in [-0.15, -0.1) is 0 Å². The fourth-order valence-electron chi connectivity index (χ4n) is 2.42. The van der Waals surface area contributed by atoms with Gasteiger partial charge in [0.15, 0.2) is 5.82 Å². The Balaban J connectivity index is 1.96. The SMILES string of the molecule is CN1CCN(c2nccnc2-c2cccc(Cl)c2)CC1. The molecule has 20 heavy (non-hydrogen) atoms. The van der Waals surface area contributed by atoms with Crippen molar-refractivity contribution in [2.75, 3.05) is 38.1 Å². The summed E-state index contributed by atoms with van der Waals surface area (Å²) >= 11 is 6.08. The van der Waals surface area contributed by atoms with Crippen LogP contribution < -0.4 is 4.90 Å². The molecule has 1 saturated heterocycles. The second kappa shape index (κ2) is 5.77. The molecule has 5 heteroatoms. The molecular formula is C15H17ClN4. The van der Waals surface area contributed by atoms with Gasteiger partial charge in [-0.05, 0) is 19.2 Å². The van der Waals surface area contributed by atoms with Gasteiger partial charge in [0.05, 0.1) is 0 Å². The number of piperazine rings is 1. The molecule has 0 aliphatic carbocycles. The summed E-state index contributed by atoms with van der Waals surface area (Å²) in [4.78, 5) is 13.7. The molecule has 1 aliphatic rings. The van der Waals surface area contributed by atoms with Crippen molar-refractivity contribution in [3.05, 3.63) is 41.7 Å². The zero-order chi connectivity index (χ0) is 13.9. The molecule has 0 bridgehead atoms. The predicted molar refractivity (Wildman–Crippen MR) is 82.2 cm³/mol. The fourth-order valence-corrected chi connectivity index (χ4v) is 2.61. The van der Waals surface area contributed by atoms with Crippen molar-refractivity contribution in [1.29, 1.82) is 0 Å². The van der Waals surface area contributed by atoms with Crippen LogP contribution >= 0.6 is 11.6 Å². The summed E-state index contributed by atoms with van der Waals surface area (Å²) in [5.74, 6) is 0.947. The first kappa shape index (κ1) is 13.3. The molecule has 1 aromatic heterocycles. The number of likely N-dealkylation sites (N-methyl/N-ethyl adjacent to an activating group) is 1. The zero-order valence-corrected chi connectivity index (χ0v) is 12.2. The van der Waals surface area contributed by atoms with Crippen LogP contribution in [-0.2, 0) is 0 Å². The van der Waals surface area contributed by atoms with Crippen LogP contribution in [0.5, 0.6) is 0 Å². The van der Waals surface area contributed by atoms with E-state index in [2.05, 4.69) is 26.8 Å². The van der Waals surface area contributed by atoms with Gasteiger partial charge in [-0.3, -0.25) is 4.98 Å². The smallest absolute Gasteiger partial charge is 0.155 e. The maximum Gasteiger partial charge on any atom is 0.155 e. The molecule has 4 nitrogen and oxygen atoms in total. The van der Waals surface area contributed by atoms with Crippen molar-refractivity contribution in [2.45, 2.75) is 0 Å². The van der Waals surface area contributed by atoms with E-state index in [1.807, 2.05) is 24.3 Å². The first-order valence-corrected chi connectivity index (χ1v) is 7.12. The molecule has 104 valence electrons. The van der Waals surface area contributed by atoms with E-state index >= 15 is 0 Å². The molecule has 2 heterocycles. The Labute approximate surface area is 124 Å². The van der Waals surface area contributed by atoms with E-state index in [0.717, 1.165) is 48.3 Å². The van der Waals surface area contributed by atoms with Gasteiger partial charge >= 0.3 is 0 Å². The topological polar surface area (TPSA) is 32.3 Å². The summed E-state index contributed by atoms with van der Waals surface area (Å²) in [5.41, 5.74) is 1.92. The normalized spacial score (nSPS) is 16.4. The number of aromatic nitrogens is 2. The number of rotatable bonds is 2. The summed E-state index contributed by atoms with van der Waals surface area (Å²) in [5, 5.41) is 0.720. The van der Waals surface area contributed by atoms with Crippen LogP contribution in [0.4, 0.5) is 5.82 Å². The Bertz CT molecular complexity index is 594. The minimum Gasteiger partial charge on any atom is -0.352 e. The van der Waals surface area contributed by atoms with Gasteiger partial charge in [-0.2, -0.15) is 0 Å². The highest BCUT2D eigenvalue weighted by Gasteiger charge is 2.19. The third-order valence-electron chi connectivity index (χ3n) is 3.58. The van der Waals surface area contributed by atoms with Crippen molar-refractivity contribution in [3.8, 4) is 11.3 Å². The van der Waals surface area contributed by atoms with Crippen LogP contribution in [0.1, 0.15) is 0 Å². The van der Waals surface area contributed by atoms with Gasteiger partial charge in [0.2, 0.25) is 0 Å². The monoisotopic (exact) mass is 288 g/mol. The van der Waals surface area contributed by atoms with Crippen LogP contribution in [0.25, 0.3) is 11.3 Å². The van der Waals surface area contributed by atoms with Gasteiger partial charge in [0.25, 0.3) is 0 Å². The quantitative estimate of drug-likeness (QED) is 0.850. The maximum atomic E-state index is 6.08. The third-order valence-corrected chi connectivity index (χ3v) is 3.81. The second-order valence-corrected chi connectivity index (χ2v) is 5.47. The fraction of sp³-hybridized carbons (Fsp3) is 0.333. The molecule has 0 unspecified atom stereocenters. The molecule has 0 N–H and O–H groups in total. The summed E-state index contributed by atoms with van der Waals surface area (Å²) in [7, 11) is 2.14. The highest BCUT2D eigenvalue weighted by Crippen LogP contribution is 2.28. The summed E-state index contributed by atoms with van der Waals surface area (Å²) in [6, 6.07) is 7.78. The van der Waals surface area contributed by atoms with Crippen LogP contribution in [0.15, 0.2) is 36.7 Å². The third kappa shape index (κ3) is 2.76. The van der Waals surface area contributed by atoms with Gasteiger partial charge in [-0.25, -0.2) is 4.98 Å². The first-order chi connectivity index (χ1) is 9.74. The highest BCUT2D eigenvalue weighted by molar-refractivity contribution is 6.30. The number of hydrogen-bond donors (Lipinski definition) is 0. The van der Waals surface area contributed by atoms with Crippen LogP contribution in [0.3, 0.4) is 0 Å². The first-order valence-electron chi connectivity index (χ1n) is 6.74. The number of hydrogen-bond acceptors (Lipinski definition) is 4. The molecule has 2 aromatic rings. The van der Waals surface area contributed by atoms with E-state index in [-0.39, 0.29) is 0 Å². The lowest BCUT2D eigenvalue weighted by molar-refractivity contribution is 0.312. The lowest BCUT2D eigenvalue weighted by Crippen LogP contribution is -2.45. The molecule has 0 saturated carbocycles. The lowest BCUT2D eigenvalue weighted by Gasteiger charge is -2.33. The molecular weight excluding hydrogens is 272 g/mol. The van der Waals surface area contributed by atoms with E-state index in [0.29, 0.717) is 0 Å². The highest BCUT2D eigenvalue weighted by atomic mass is 35.5. The van der Waals surface area contributed by atoms with Gasteiger partial charge in [0.1, 0.15) is 5.69 Å². The van der Waals surface area contributed by atoms with E-state index < -0.39 is 0 Å². The van der Waals surface area contributed by atoms with Crippen LogP contribution in [-0.4, -0.2) is 48.1 Å². The zero-order valence-electron chi connectivity index (χ0n) is 11.5. The summed E-state index contributed by atoms with van der Waals surface area (Å²) < 4.78 is 0. The largest absolute Gasteiger partial charge is 0.352 e. The van der Waals surface area contributed by atoms with Crippen molar-refractivity contribution in [1.82, 2.24) is 14.9 Å². The maximum absolute atomic E-state index is 6.08. The van der Waals surface area contributed by atoms with Crippen LogP contribution in [0, 0.1) is 0 Å². The summed E-state index contributed by atoms with van der Waals surface area (Å²) in [6.07, 6.45) is 3.48. The molecule has 0 atom stereocenters. The van der Waals surface area contributed by atoms with Gasteiger partial charge < -0.3 is 9.80 Å². The Kier molecular flexibility index (Phi) is 3.85. The predicted octanol–water partition coefficient (Wildman–Crippen LogP) is 2.55. The summed E-state index contributed by atoms with van der Waals surface area (Å²) in [6.45, 7) is 4.04. The van der Waals surface area contributed by atoms with Crippen molar-refractivity contribution in [3.63, 3.8) is 0 Å². The Morgan fingerprint density at radius 1 is 1.05 bits per heavy atom. The molecule has 1 aliphatic heterocycles. The minimum atomic E-state index is 0.720. The van der Waals surface area contributed by atoms with E-state index in [1.54, 1.807) is 12.4 Å². The Morgan fingerprint density at radius 2 is 1.80 bits per heavy atom. The van der Waals surface area contributed by atoms with Gasteiger partial charge in [-0.1, -0.05) is 23.7 Å². The average Bonchev–Trinajstić information content (AvgIpc) is 2.48. The average molecular weight is 289 g/mol. The number of anilines is 1. The Hall–Kier alpha value is -1.65. The van der Waals surface area contributed by atoms with Crippen molar-refractivity contribution >= 4 is 17.4 Å². The van der Waals surface area contributed by atoms with Crippen molar-refractivity contribution in [2.24, 2.45) is 0 Å². The molecule has 0 amide bonds. The minimum absolute atomic E-state index is 0.720. The van der Waals surface area contributed by atoms with Crippen LogP contribution in [0.2, 0.25) is 5.02 Å². The number of halogens is 1. The standard InChI is InChI=1S/C15H17ClN4/c1-19-7-9-20(10-8-19)15-14(17-5-6-18-15)12-3-2-4-13(16)11-12/h2-6,11H,7-10H2,1H3. The van der Waals surface area contributed by atoms with Gasteiger partial charge in [0, 0.05) is 49.2 Å². The Morgan fingerprint density at radius 3 is 2.55 bits per heavy atom. The molecule has 3 rings (SSSR count). The second-order valence-electron chi connectivity index (χ2n) is 5.03. The van der Waals surface area contributed by atoms with Crippen molar-refractivity contribution < 1.29 is 0 Å². The molecule has 1 fully saturated rings. The number of nitrogens with zero attached hydrogens (tertiary/aromatic N) is 4. The molecule has 1 aromatic carbocycles. The van der Waals surface area contributed by atoms with E-state index in [1.165, 1.54) is 0 Å².